The lowest BCUT2D eigenvalue weighted by atomic mass is 10.1. The third kappa shape index (κ3) is 6.24. The number of aliphatic imine (C=N–C) groups is 1. The summed E-state index contributed by atoms with van der Waals surface area (Å²) in [5.41, 5.74) is 0.566. The molecule has 0 aromatic heterocycles. The van der Waals surface area contributed by atoms with E-state index in [1.165, 1.54) is 0 Å². The molecule has 1 aliphatic heterocycles. The lowest BCUT2D eigenvalue weighted by Gasteiger charge is -2.14. The van der Waals surface area contributed by atoms with E-state index in [0.717, 1.165) is 11.8 Å². The summed E-state index contributed by atoms with van der Waals surface area (Å²) >= 11 is 4.51. The number of carbonyl (C=O) groups excluding carboxylic acids is 2. The van der Waals surface area contributed by atoms with E-state index in [-0.39, 0.29) is 29.4 Å². The van der Waals surface area contributed by atoms with Gasteiger partial charge in [-0.15, -0.1) is 0 Å². The molecule has 0 spiro atoms. The first kappa shape index (κ1) is 24.7. The van der Waals surface area contributed by atoms with Crippen LogP contribution in [0.25, 0.3) is 6.08 Å². The Hall–Kier alpha value is -2.52. The Bertz CT molecular complexity index is 967. The molecular weight excluding hydrogens is 486 g/mol. The van der Waals surface area contributed by atoms with Crippen LogP contribution >= 0.6 is 27.7 Å². The summed E-state index contributed by atoms with van der Waals surface area (Å²) in [6.45, 7) is 9.70. The van der Waals surface area contributed by atoms with Gasteiger partial charge in [0.2, 0.25) is 5.91 Å². The number of aliphatic hydroxyl groups is 1. The fourth-order valence-electron chi connectivity index (χ4n) is 2.55. The smallest absolute Gasteiger partial charge is 0.344 e. The number of thioether (sulfide) groups is 1. The fraction of sp³-hybridized carbons (Fsp3) is 0.318. The summed E-state index contributed by atoms with van der Waals surface area (Å²) in [5, 5.41) is 10.8. The third-order valence-corrected chi connectivity index (χ3v) is 5.48. The Balaban J connectivity index is 2.52. The van der Waals surface area contributed by atoms with Gasteiger partial charge in [0.25, 0.3) is 0 Å². The molecular formula is C22H24BrNO6S. The summed E-state index contributed by atoms with van der Waals surface area (Å²) in [7, 11) is 0. The van der Waals surface area contributed by atoms with Gasteiger partial charge in [-0.1, -0.05) is 31.3 Å². The van der Waals surface area contributed by atoms with Gasteiger partial charge in [-0.05, 0) is 53.5 Å². The van der Waals surface area contributed by atoms with E-state index < -0.39 is 11.9 Å². The molecule has 0 fully saturated rings. The van der Waals surface area contributed by atoms with E-state index in [9.17, 15) is 14.7 Å². The minimum absolute atomic E-state index is 0.115. The van der Waals surface area contributed by atoms with E-state index in [1.807, 2.05) is 6.92 Å². The molecule has 1 aliphatic rings. The number of carbonyl (C=O) groups is 2. The standard InChI is InChI=1S/C22H24BrNO6S/c1-5-9-30-20-14(23)10-13(11-15(20)28-7-3)12-16-19(26)18(22(27)29-8-4)21(31-16)24-17(25)6-2/h5,10-12,26H,1,6-9H2,2-4H3/b16-12-,24-21?. The zero-order valence-corrected chi connectivity index (χ0v) is 20.0. The summed E-state index contributed by atoms with van der Waals surface area (Å²) in [5.74, 6) is -0.373. The summed E-state index contributed by atoms with van der Waals surface area (Å²) in [4.78, 5) is 28.5. The van der Waals surface area contributed by atoms with Crippen molar-refractivity contribution in [3.8, 4) is 11.5 Å². The average molecular weight is 510 g/mol. The van der Waals surface area contributed by atoms with Gasteiger partial charge >= 0.3 is 5.97 Å². The molecule has 1 amide bonds. The molecule has 0 saturated carbocycles. The molecule has 0 aliphatic carbocycles. The van der Waals surface area contributed by atoms with Crippen LogP contribution < -0.4 is 9.47 Å². The maximum atomic E-state index is 12.3. The second-order valence-corrected chi connectivity index (χ2v) is 7.97. The minimum atomic E-state index is -0.733. The van der Waals surface area contributed by atoms with Crippen molar-refractivity contribution in [2.75, 3.05) is 19.8 Å². The van der Waals surface area contributed by atoms with E-state index in [1.54, 1.807) is 38.1 Å². The molecule has 0 radical (unpaired) electrons. The third-order valence-electron chi connectivity index (χ3n) is 3.87. The van der Waals surface area contributed by atoms with E-state index in [2.05, 4.69) is 27.5 Å². The normalized spacial score (nSPS) is 16.0. The van der Waals surface area contributed by atoms with Crippen molar-refractivity contribution < 1.29 is 28.9 Å². The SMILES string of the molecule is C=CCOc1c(Br)cc(/C=C2\SC(=NC(=O)CC)C(C(=O)OCC)=C2O)cc1OCC. The number of nitrogens with zero attached hydrogens (tertiary/aromatic N) is 1. The first-order valence-corrected chi connectivity index (χ1v) is 11.3. The number of esters is 1. The van der Waals surface area contributed by atoms with Crippen molar-refractivity contribution >= 4 is 50.7 Å². The molecule has 31 heavy (non-hydrogen) atoms. The van der Waals surface area contributed by atoms with Crippen LogP contribution in [0.15, 0.2) is 50.5 Å². The summed E-state index contributed by atoms with van der Waals surface area (Å²) in [6.07, 6.45) is 3.48. The number of amides is 1. The Morgan fingerprint density at radius 3 is 2.58 bits per heavy atom. The van der Waals surface area contributed by atoms with Crippen molar-refractivity contribution in [1.82, 2.24) is 0 Å². The molecule has 0 atom stereocenters. The van der Waals surface area contributed by atoms with E-state index in [0.29, 0.717) is 39.7 Å². The van der Waals surface area contributed by atoms with Crippen LogP contribution in [-0.2, 0) is 14.3 Å². The largest absolute Gasteiger partial charge is 0.506 e. The second-order valence-electron chi connectivity index (χ2n) is 6.08. The van der Waals surface area contributed by atoms with Gasteiger partial charge in [-0.25, -0.2) is 9.79 Å². The number of benzene rings is 1. The predicted octanol–water partition coefficient (Wildman–Crippen LogP) is 5.21. The van der Waals surface area contributed by atoms with Crippen LogP contribution in [0.2, 0.25) is 0 Å². The highest BCUT2D eigenvalue weighted by atomic mass is 79.9. The summed E-state index contributed by atoms with van der Waals surface area (Å²) in [6, 6.07) is 3.54. The van der Waals surface area contributed by atoms with Gasteiger partial charge in [-0.3, -0.25) is 4.79 Å². The zero-order valence-electron chi connectivity index (χ0n) is 17.6. The van der Waals surface area contributed by atoms with Crippen molar-refractivity contribution in [3.05, 3.63) is 51.1 Å². The van der Waals surface area contributed by atoms with Crippen LogP contribution in [-0.4, -0.2) is 41.8 Å². The van der Waals surface area contributed by atoms with Crippen molar-refractivity contribution in [3.63, 3.8) is 0 Å². The van der Waals surface area contributed by atoms with Gasteiger partial charge in [-0.2, -0.15) is 0 Å². The molecule has 1 aromatic carbocycles. The molecule has 166 valence electrons. The maximum absolute atomic E-state index is 12.3. The van der Waals surface area contributed by atoms with Crippen LogP contribution in [0.5, 0.6) is 11.5 Å². The number of aliphatic hydroxyl groups excluding tert-OH is 1. The Kier molecular flexibility index (Phi) is 9.39. The predicted molar refractivity (Wildman–Crippen MR) is 126 cm³/mol. The highest BCUT2D eigenvalue weighted by Gasteiger charge is 2.33. The topological polar surface area (TPSA) is 94.4 Å². The van der Waals surface area contributed by atoms with Crippen LogP contribution in [0.4, 0.5) is 0 Å². The number of hydrogen-bond donors (Lipinski definition) is 1. The van der Waals surface area contributed by atoms with Gasteiger partial charge in [0, 0.05) is 6.42 Å². The Morgan fingerprint density at radius 1 is 1.23 bits per heavy atom. The molecule has 2 rings (SSSR count). The van der Waals surface area contributed by atoms with Crippen molar-refractivity contribution in [2.45, 2.75) is 27.2 Å². The van der Waals surface area contributed by atoms with Crippen molar-refractivity contribution in [2.24, 2.45) is 4.99 Å². The van der Waals surface area contributed by atoms with Crippen LogP contribution in [0.3, 0.4) is 0 Å². The minimum Gasteiger partial charge on any atom is -0.506 e. The molecule has 0 bridgehead atoms. The fourth-order valence-corrected chi connectivity index (χ4v) is 4.16. The molecule has 0 unspecified atom stereocenters. The highest BCUT2D eigenvalue weighted by Crippen LogP contribution is 2.42. The van der Waals surface area contributed by atoms with Crippen LogP contribution in [0.1, 0.15) is 32.8 Å². The van der Waals surface area contributed by atoms with Crippen LogP contribution in [0, 0.1) is 0 Å². The Morgan fingerprint density at radius 2 is 1.97 bits per heavy atom. The van der Waals surface area contributed by atoms with E-state index >= 15 is 0 Å². The monoisotopic (exact) mass is 509 g/mol. The lowest BCUT2D eigenvalue weighted by Crippen LogP contribution is -2.14. The molecule has 1 aromatic rings. The molecule has 1 heterocycles. The number of hydrogen-bond acceptors (Lipinski definition) is 7. The quantitative estimate of drug-likeness (QED) is 0.360. The van der Waals surface area contributed by atoms with Gasteiger partial charge < -0.3 is 19.3 Å². The molecule has 1 N–H and O–H groups in total. The number of halogens is 1. The number of ether oxygens (including phenoxy) is 3. The molecule has 9 heteroatoms. The lowest BCUT2D eigenvalue weighted by molar-refractivity contribution is -0.138. The van der Waals surface area contributed by atoms with Crippen molar-refractivity contribution in [1.29, 1.82) is 0 Å². The molecule has 7 nitrogen and oxygen atoms in total. The second kappa shape index (κ2) is 11.8. The summed E-state index contributed by atoms with van der Waals surface area (Å²) < 4.78 is 17.0. The Labute approximate surface area is 194 Å². The highest BCUT2D eigenvalue weighted by molar-refractivity contribution is 9.10. The zero-order chi connectivity index (χ0) is 23.0. The van der Waals surface area contributed by atoms with Gasteiger partial charge in [0.1, 0.15) is 23.0 Å². The first-order valence-electron chi connectivity index (χ1n) is 9.68. The maximum Gasteiger partial charge on any atom is 0.344 e. The molecule has 0 saturated heterocycles. The van der Waals surface area contributed by atoms with Gasteiger partial charge in [0.05, 0.1) is 22.6 Å². The van der Waals surface area contributed by atoms with Gasteiger partial charge in [0.15, 0.2) is 11.5 Å². The van der Waals surface area contributed by atoms with E-state index in [4.69, 9.17) is 14.2 Å². The number of rotatable bonds is 9. The average Bonchev–Trinajstić information content (AvgIpc) is 3.02. The first-order chi connectivity index (χ1) is 14.9.